The lowest BCUT2D eigenvalue weighted by molar-refractivity contribution is 0.297. The van der Waals surface area contributed by atoms with Crippen molar-refractivity contribution in [3.05, 3.63) is 88.2 Å². The maximum atomic E-state index is 13.3. The number of benzene rings is 3. The molecule has 0 radical (unpaired) electrons. The van der Waals surface area contributed by atoms with Crippen LogP contribution in [0.15, 0.2) is 71.5 Å². The molecule has 0 N–H and O–H groups in total. The van der Waals surface area contributed by atoms with Crippen LogP contribution in [0.5, 0.6) is 11.5 Å². The molecular formula is C26H26N2O3. The van der Waals surface area contributed by atoms with Crippen molar-refractivity contribution < 1.29 is 9.47 Å². The topological polar surface area (TPSA) is 53.3 Å². The van der Waals surface area contributed by atoms with Crippen molar-refractivity contribution in [1.82, 2.24) is 9.55 Å². The van der Waals surface area contributed by atoms with Gasteiger partial charge in [0.25, 0.3) is 5.56 Å². The predicted molar refractivity (Wildman–Crippen MR) is 124 cm³/mol. The highest BCUT2D eigenvalue weighted by molar-refractivity contribution is 5.79. The lowest BCUT2D eigenvalue weighted by Gasteiger charge is -2.15. The Labute approximate surface area is 181 Å². The van der Waals surface area contributed by atoms with E-state index in [-0.39, 0.29) is 5.56 Å². The smallest absolute Gasteiger partial charge is 0.261 e. The molecule has 0 aliphatic carbocycles. The first-order valence-corrected chi connectivity index (χ1v) is 10.4. The van der Waals surface area contributed by atoms with Crippen molar-refractivity contribution in [2.75, 3.05) is 13.7 Å². The number of aromatic nitrogens is 2. The van der Waals surface area contributed by atoms with Crippen LogP contribution in [0.1, 0.15) is 17.5 Å². The largest absolute Gasteiger partial charge is 0.497 e. The van der Waals surface area contributed by atoms with Gasteiger partial charge in [0, 0.05) is 12.1 Å². The first kappa shape index (κ1) is 20.7. The summed E-state index contributed by atoms with van der Waals surface area (Å²) in [5, 5.41) is 0.621. The summed E-state index contributed by atoms with van der Waals surface area (Å²) in [5.74, 6) is 2.33. The molecule has 0 bridgehead atoms. The first-order valence-electron chi connectivity index (χ1n) is 10.4. The summed E-state index contributed by atoms with van der Waals surface area (Å²) >= 11 is 0. The zero-order chi connectivity index (χ0) is 21.8. The fourth-order valence-electron chi connectivity index (χ4n) is 3.76. The van der Waals surface area contributed by atoms with Gasteiger partial charge in [0.05, 0.1) is 24.6 Å². The molecule has 31 heavy (non-hydrogen) atoms. The Kier molecular flexibility index (Phi) is 6.03. The molecule has 0 atom stereocenters. The van der Waals surface area contributed by atoms with Crippen LogP contribution in [-0.2, 0) is 6.54 Å². The first-order chi connectivity index (χ1) is 15.1. The van der Waals surface area contributed by atoms with Gasteiger partial charge in [0.2, 0.25) is 0 Å². The third-order valence-electron chi connectivity index (χ3n) is 5.39. The Hall–Kier alpha value is -3.60. The van der Waals surface area contributed by atoms with Gasteiger partial charge in [-0.2, -0.15) is 0 Å². The van der Waals surface area contributed by atoms with E-state index in [9.17, 15) is 4.79 Å². The van der Waals surface area contributed by atoms with Crippen LogP contribution in [0.3, 0.4) is 0 Å². The molecule has 0 saturated carbocycles. The third-order valence-corrected chi connectivity index (χ3v) is 5.39. The van der Waals surface area contributed by atoms with E-state index in [0.717, 1.165) is 28.2 Å². The van der Waals surface area contributed by atoms with Gasteiger partial charge in [0.1, 0.15) is 17.3 Å². The van der Waals surface area contributed by atoms with Crippen molar-refractivity contribution in [3.8, 4) is 22.9 Å². The van der Waals surface area contributed by atoms with E-state index in [1.165, 1.54) is 0 Å². The van der Waals surface area contributed by atoms with E-state index < -0.39 is 0 Å². The Bertz CT molecular complexity index is 1240. The van der Waals surface area contributed by atoms with Crippen LogP contribution in [0.2, 0.25) is 0 Å². The Morgan fingerprint density at radius 3 is 2.32 bits per heavy atom. The van der Waals surface area contributed by atoms with Crippen LogP contribution in [0.4, 0.5) is 0 Å². The standard InChI is InChI=1S/C26H26N2O3/c1-18-8-6-9-19(2)24(18)31-17-7-16-28-25(20-12-14-21(30-3)15-13-20)27-23-11-5-4-10-22(23)26(28)29/h4-6,8-15H,7,16-17H2,1-3H3. The number of methoxy groups -OCH3 is 1. The van der Waals surface area contributed by atoms with Crippen molar-refractivity contribution >= 4 is 10.9 Å². The van der Waals surface area contributed by atoms with Crippen molar-refractivity contribution in [2.24, 2.45) is 0 Å². The highest BCUT2D eigenvalue weighted by atomic mass is 16.5. The van der Waals surface area contributed by atoms with Crippen molar-refractivity contribution in [2.45, 2.75) is 26.8 Å². The van der Waals surface area contributed by atoms with Crippen LogP contribution in [0.25, 0.3) is 22.3 Å². The molecule has 0 spiro atoms. The summed E-state index contributed by atoms with van der Waals surface area (Å²) in [6.07, 6.45) is 0.691. The van der Waals surface area contributed by atoms with Crippen LogP contribution in [-0.4, -0.2) is 23.3 Å². The average Bonchev–Trinajstić information content (AvgIpc) is 2.79. The van der Waals surface area contributed by atoms with Gasteiger partial charge in [-0.25, -0.2) is 4.98 Å². The minimum Gasteiger partial charge on any atom is -0.497 e. The number of rotatable bonds is 7. The lowest BCUT2D eigenvalue weighted by Crippen LogP contribution is -2.24. The minimum atomic E-state index is -0.0384. The molecule has 1 heterocycles. The number of para-hydroxylation sites is 2. The molecule has 1 aromatic heterocycles. The SMILES string of the molecule is COc1ccc(-c2nc3ccccc3c(=O)n2CCCOc2c(C)cccc2C)cc1. The molecule has 158 valence electrons. The number of aryl methyl sites for hydroxylation is 2. The molecule has 0 aliphatic heterocycles. The zero-order valence-electron chi connectivity index (χ0n) is 18.1. The maximum Gasteiger partial charge on any atom is 0.261 e. The van der Waals surface area contributed by atoms with Gasteiger partial charge in [-0.1, -0.05) is 30.3 Å². The second kappa shape index (κ2) is 9.04. The molecule has 4 aromatic rings. The summed E-state index contributed by atoms with van der Waals surface area (Å²) < 4.78 is 13.1. The van der Waals surface area contributed by atoms with E-state index in [1.807, 2.05) is 80.6 Å². The van der Waals surface area contributed by atoms with Gasteiger partial charge in [-0.05, 0) is 67.8 Å². The molecule has 0 fully saturated rings. The molecule has 4 rings (SSSR count). The Balaban J connectivity index is 1.63. The Morgan fingerprint density at radius 2 is 1.61 bits per heavy atom. The van der Waals surface area contributed by atoms with Crippen LogP contribution >= 0.6 is 0 Å². The summed E-state index contributed by atoms with van der Waals surface area (Å²) in [7, 11) is 1.63. The van der Waals surface area contributed by atoms with E-state index in [4.69, 9.17) is 14.5 Å². The molecule has 5 nitrogen and oxygen atoms in total. The quantitative estimate of drug-likeness (QED) is 0.392. The zero-order valence-corrected chi connectivity index (χ0v) is 18.1. The lowest BCUT2D eigenvalue weighted by atomic mass is 10.1. The molecule has 0 aliphatic rings. The van der Waals surface area contributed by atoms with E-state index in [0.29, 0.717) is 36.3 Å². The molecule has 3 aromatic carbocycles. The monoisotopic (exact) mass is 414 g/mol. The van der Waals surface area contributed by atoms with Crippen LogP contribution in [0, 0.1) is 13.8 Å². The van der Waals surface area contributed by atoms with Gasteiger partial charge < -0.3 is 9.47 Å². The maximum absolute atomic E-state index is 13.3. The van der Waals surface area contributed by atoms with E-state index >= 15 is 0 Å². The fraction of sp³-hybridized carbons (Fsp3) is 0.231. The van der Waals surface area contributed by atoms with Gasteiger partial charge in [-0.15, -0.1) is 0 Å². The summed E-state index contributed by atoms with van der Waals surface area (Å²) in [5.41, 5.74) is 3.76. The second-order valence-corrected chi connectivity index (χ2v) is 7.56. The van der Waals surface area contributed by atoms with Gasteiger partial charge in [-0.3, -0.25) is 9.36 Å². The predicted octanol–water partition coefficient (Wildman–Crippen LogP) is 5.16. The molecule has 0 amide bonds. The van der Waals surface area contributed by atoms with E-state index in [1.54, 1.807) is 11.7 Å². The molecular weight excluding hydrogens is 388 g/mol. The summed E-state index contributed by atoms with van der Waals surface area (Å²) in [4.78, 5) is 18.1. The molecule has 0 saturated heterocycles. The number of nitrogens with zero attached hydrogens (tertiary/aromatic N) is 2. The van der Waals surface area contributed by atoms with Gasteiger partial charge in [0.15, 0.2) is 0 Å². The number of fused-ring (bicyclic) bond motifs is 1. The van der Waals surface area contributed by atoms with Crippen molar-refractivity contribution in [1.29, 1.82) is 0 Å². The average molecular weight is 415 g/mol. The third kappa shape index (κ3) is 4.31. The molecule has 0 unspecified atom stereocenters. The molecule has 5 heteroatoms. The van der Waals surface area contributed by atoms with E-state index in [2.05, 4.69) is 0 Å². The minimum absolute atomic E-state index is 0.0384. The summed E-state index contributed by atoms with van der Waals surface area (Å²) in [6.45, 7) is 5.12. The number of hydrogen-bond acceptors (Lipinski definition) is 4. The number of hydrogen-bond donors (Lipinski definition) is 0. The van der Waals surface area contributed by atoms with Crippen LogP contribution < -0.4 is 15.0 Å². The van der Waals surface area contributed by atoms with Crippen molar-refractivity contribution in [3.63, 3.8) is 0 Å². The highest BCUT2D eigenvalue weighted by Crippen LogP contribution is 2.24. The van der Waals surface area contributed by atoms with Gasteiger partial charge >= 0.3 is 0 Å². The fourth-order valence-corrected chi connectivity index (χ4v) is 3.76. The highest BCUT2D eigenvalue weighted by Gasteiger charge is 2.13. The number of ether oxygens (including phenoxy) is 2. The normalized spacial score (nSPS) is 10.9. The second-order valence-electron chi connectivity index (χ2n) is 7.56. The summed E-state index contributed by atoms with van der Waals surface area (Å²) in [6, 6.07) is 21.2. The Morgan fingerprint density at radius 1 is 0.903 bits per heavy atom.